The highest BCUT2D eigenvalue weighted by Gasteiger charge is 2.22. The molecule has 0 bridgehead atoms. The molecule has 0 radical (unpaired) electrons. The van der Waals surface area contributed by atoms with Crippen molar-refractivity contribution in [1.29, 1.82) is 0 Å². The van der Waals surface area contributed by atoms with Crippen LogP contribution in [0.3, 0.4) is 0 Å². The van der Waals surface area contributed by atoms with Crippen molar-refractivity contribution in [3.63, 3.8) is 0 Å². The molecule has 0 N–H and O–H groups in total. The molecule has 1 atom stereocenters. The molecule has 0 fully saturated rings. The third kappa shape index (κ3) is 9.07. The lowest BCUT2D eigenvalue weighted by Crippen LogP contribution is -2.37. The molecular weight excluding hydrogens is 234 g/mol. The zero-order valence-electron chi connectivity index (χ0n) is 14.1. The van der Waals surface area contributed by atoms with Gasteiger partial charge in [0.15, 0.2) is 0 Å². The fraction of sp³-hybridized carbons (Fsp3) is 0.941. The molecule has 1 unspecified atom stereocenters. The van der Waals surface area contributed by atoms with Gasteiger partial charge >= 0.3 is 0 Å². The molecule has 19 heavy (non-hydrogen) atoms. The predicted octanol–water partition coefficient (Wildman–Crippen LogP) is 4.88. The number of carbonyl (C=O) groups excluding carboxylic acids is 1. The average Bonchev–Trinajstić information content (AvgIpc) is 2.30. The van der Waals surface area contributed by atoms with Crippen molar-refractivity contribution in [3.05, 3.63) is 0 Å². The van der Waals surface area contributed by atoms with E-state index in [1.807, 2.05) is 0 Å². The van der Waals surface area contributed by atoms with Crippen LogP contribution in [0.4, 0.5) is 0 Å². The number of amides is 1. The van der Waals surface area contributed by atoms with Crippen LogP contribution < -0.4 is 0 Å². The van der Waals surface area contributed by atoms with E-state index >= 15 is 0 Å². The fourth-order valence-electron chi connectivity index (χ4n) is 2.38. The van der Waals surface area contributed by atoms with E-state index in [-0.39, 0.29) is 5.41 Å². The van der Waals surface area contributed by atoms with E-state index in [9.17, 15) is 4.79 Å². The van der Waals surface area contributed by atoms with Gasteiger partial charge in [-0.1, -0.05) is 60.8 Å². The van der Waals surface area contributed by atoms with Gasteiger partial charge in [-0.3, -0.25) is 4.79 Å². The summed E-state index contributed by atoms with van der Waals surface area (Å²) >= 11 is 0. The van der Waals surface area contributed by atoms with Crippen LogP contribution in [-0.2, 0) is 4.79 Å². The molecular formula is C17H35NO. The molecule has 1 amide bonds. The third-order valence-corrected chi connectivity index (χ3v) is 3.55. The van der Waals surface area contributed by atoms with Gasteiger partial charge in [0.25, 0.3) is 0 Å². The van der Waals surface area contributed by atoms with Crippen molar-refractivity contribution in [2.75, 3.05) is 13.1 Å². The second-order valence-electron chi connectivity index (χ2n) is 6.99. The minimum Gasteiger partial charge on any atom is -0.342 e. The second-order valence-corrected chi connectivity index (χ2v) is 6.99. The Labute approximate surface area is 120 Å². The summed E-state index contributed by atoms with van der Waals surface area (Å²) in [4.78, 5) is 14.5. The first-order chi connectivity index (χ1) is 8.84. The minimum absolute atomic E-state index is 0.0915. The molecule has 0 rings (SSSR count). The van der Waals surface area contributed by atoms with Gasteiger partial charge in [0.05, 0.1) is 0 Å². The van der Waals surface area contributed by atoms with Crippen molar-refractivity contribution in [2.24, 2.45) is 11.3 Å². The third-order valence-electron chi connectivity index (χ3n) is 3.55. The summed E-state index contributed by atoms with van der Waals surface area (Å²) in [5.41, 5.74) is 0.0915. The van der Waals surface area contributed by atoms with E-state index in [0.717, 1.165) is 19.5 Å². The molecule has 0 aliphatic heterocycles. The highest BCUT2D eigenvalue weighted by atomic mass is 16.2. The zero-order valence-corrected chi connectivity index (χ0v) is 14.1. The van der Waals surface area contributed by atoms with Gasteiger partial charge < -0.3 is 4.90 Å². The summed E-state index contributed by atoms with van der Waals surface area (Å²) in [5.74, 6) is 1.01. The van der Waals surface area contributed by atoms with E-state index < -0.39 is 0 Å². The van der Waals surface area contributed by atoms with Gasteiger partial charge in [0, 0.05) is 19.5 Å². The lowest BCUT2D eigenvalue weighted by atomic mass is 9.91. The lowest BCUT2D eigenvalue weighted by molar-refractivity contribution is -0.133. The van der Waals surface area contributed by atoms with E-state index in [0.29, 0.717) is 18.2 Å². The van der Waals surface area contributed by atoms with E-state index in [2.05, 4.69) is 46.4 Å². The molecule has 0 saturated heterocycles. The molecule has 0 aromatic rings. The fourth-order valence-corrected chi connectivity index (χ4v) is 2.38. The van der Waals surface area contributed by atoms with Crippen LogP contribution in [0.1, 0.15) is 80.1 Å². The normalized spacial score (nSPS) is 13.4. The summed E-state index contributed by atoms with van der Waals surface area (Å²) in [5, 5.41) is 0. The van der Waals surface area contributed by atoms with Crippen LogP contribution in [0.25, 0.3) is 0 Å². The van der Waals surface area contributed by atoms with Crippen LogP contribution in [0.2, 0.25) is 0 Å². The van der Waals surface area contributed by atoms with Gasteiger partial charge in [-0.05, 0) is 24.2 Å². The smallest absolute Gasteiger partial charge is 0.223 e. The first-order valence-corrected chi connectivity index (χ1v) is 8.11. The van der Waals surface area contributed by atoms with Crippen LogP contribution in [0.15, 0.2) is 0 Å². The van der Waals surface area contributed by atoms with Gasteiger partial charge in [-0.15, -0.1) is 0 Å². The molecule has 2 nitrogen and oxygen atoms in total. The minimum atomic E-state index is 0.0915. The van der Waals surface area contributed by atoms with Crippen LogP contribution in [-0.4, -0.2) is 23.9 Å². The van der Waals surface area contributed by atoms with E-state index in [1.165, 1.54) is 25.7 Å². The molecule has 0 aromatic carbocycles. The van der Waals surface area contributed by atoms with Crippen LogP contribution >= 0.6 is 0 Å². The Kier molecular flexibility index (Phi) is 9.12. The van der Waals surface area contributed by atoms with Crippen molar-refractivity contribution >= 4 is 5.91 Å². The Bertz CT molecular complexity index is 242. The number of unbranched alkanes of at least 4 members (excludes halogenated alkanes) is 1. The summed E-state index contributed by atoms with van der Waals surface area (Å²) in [6, 6.07) is 0. The Balaban J connectivity index is 4.48. The Morgan fingerprint density at radius 2 is 1.74 bits per heavy atom. The number of hydrogen-bond acceptors (Lipinski definition) is 1. The van der Waals surface area contributed by atoms with Gasteiger partial charge in [0.2, 0.25) is 5.91 Å². The average molecular weight is 269 g/mol. The highest BCUT2D eigenvalue weighted by Crippen LogP contribution is 2.21. The maximum absolute atomic E-state index is 12.4. The number of rotatable bonds is 9. The largest absolute Gasteiger partial charge is 0.342 e. The lowest BCUT2D eigenvalue weighted by Gasteiger charge is -2.29. The summed E-state index contributed by atoms with van der Waals surface area (Å²) < 4.78 is 0. The quantitative estimate of drug-likeness (QED) is 0.584. The predicted molar refractivity (Wildman–Crippen MR) is 84.2 cm³/mol. The number of nitrogens with zero attached hydrogens (tertiary/aromatic N) is 1. The second kappa shape index (κ2) is 9.39. The summed E-state index contributed by atoms with van der Waals surface area (Å²) in [6.07, 6.45) is 6.70. The van der Waals surface area contributed by atoms with Crippen LogP contribution in [0.5, 0.6) is 0 Å². The zero-order chi connectivity index (χ0) is 14.9. The molecule has 0 aliphatic rings. The van der Waals surface area contributed by atoms with Gasteiger partial charge in [-0.25, -0.2) is 0 Å². The summed E-state index contributed by atoms with van der Waals surface area (Å²) in [6.45, 7) is 14.9. The maximum atomic E-state index is 12.4. The Morgan fingerprint density at radius 3 is 2.16 bits per heavy atom. The summed E-state index contributed by atoms with van der Waals surface area (Å²) in [7, 11) is 0. The Morgan fingerprint density at radius 1 is 1.11 bits per heavy atom. The molecule has 0 spiro atoms. The first-order valence-electron chi connectivity index (χ1n) is 8.11. The topological polar surface area (TPSA) is 20.3 Å². The van der Waals surface area contributed by atoms with E-state index in [1.54, 1.807) is 0 Å². The van der Waals surface area contributed by atoms with Crippen LogP contribution in [0, 0.1) is 11.3 Å². The first kappa shape index (κ1) is 18.5. The molecule has 0 aromatic heterocycles. The number of carbonyl (C=O) groups is 1. The maximum Gasteiger partial charge on any atom is 0.223 e. The van der Waals surface area contributed by atoms with Crippen molar-refractivity contribution < 1.29 is 4.79 Å². The molecule has 2 heteroatoms. The van der Waals surface area contributed by atoms with E-state index in [4.69, 9.17) is 0 Å². The van der Waals surface area contributed by atoms with Crippen molar-refractivity contribution in [3.8, 4) is 0 Å². The molecule has 0 aliphatic carbocycles. The molecule has 0 heterocycles. The SMILES string of the molecule is CCCCC(CC)CN(CCC)C(=O)CC(C)(C)C. The molecule has 114 valence electrons. The van der Waals surface area contributed by atoms with Crippen molar-refractivity contribution in [1.82, 2.24) is 4.90 Å². The van der Waals surface area contributed by atoms with Gasteiger partial charge in [0.1, 0.15) is 0 Å². The van der Waals surface area contributed by atoms with Crippen molar-refractivity contribution in [2.45, 2.75) is 80.1 Å². The highest BCUT2D eigenvalue weighted by molar-refractivity contribution is 5.76. The monoisotopic (exact) mass is 269 g/mol. The van der Waals surface area contributed by atoms with Gasteiger partial charge in [-0.2, -0.15) is 0 Å². The number of hydrogen-bond donors (Lipinski definition) is 0. The standard InChI is InChI=1S/C17H35NO/c1-7-10-11-15(9-3)14-18(12-8-2)16(19)13-17(4,5)6/h15H,7-14H2,1-6H3. The Hall–Kier alpha value is -0.530. The molecule has 0 saturated carbocycles.